The zero-order valence-corrected chi connectivity index (χ0v) is 16.7. The Labute approximate surface area is 169 Å². The van der Waals surface area contributed by atoms with Gasteiger partial charge in [-0.05, 0) is 31.5 Å². The Morgan fingerprint density at radius 3 is 2.66 bits per heavy atom. The minimum absolute atomic E-state index is 0.196. The molecule has 1 fully saturated rings. The van der Waals surface area contributed by atoms with Crippen LogP contribution < -0.4 is 5.73 Å². The lowest BCUT2D eigenvalue weighted by atomic mass is 10.0. The van der Waals surface area contributed by atoms with Gasteiger partial charge in [0.25, 0.3) is 0 Å². The van der Waals surface area contributed by atoms with E-state index in [4.69, 9.17) is 10.5 Å². The Morgan fingerprint density at radius 2 is 1.97 bits per heavy atom. The number of anilines is 1. The third kappa shape index (κ3) is 4.28. The Balaban J connectivity index is 1.60. The Morgan fingerprint density at radius 1 is 1.17 bits per heavy atom. The average Bonchev–Trinajstić information content (AvgIpc) is 3.21. The van der Waals surface area contributed by atoms with Crippen LogP contribution in [0, 0.1) is 5.82 Å². The van der Waals surface area contributed by atoms with Gasteiger partial charge < -0.3 is 10.5 Å². The summed E-state index contributed by atoms with van der Waals surface area (Å²) in [5.74, 6) is 0.145. The first-order valence-electron chi connectivity index (χ1n) is 9.78. The van der Waals surface area contributed by atoms with Gasteiger partial charge in [-0.15, -0.1) is 5.10 Å². The van der Waals surface area contributed by atoms with E-state index in [1.165, 1.54) is 0 Å². The summed E-state index contributed by atoms with van der Waals surface area (Å²) in [7, 11) is 0. The number of ether oxygens (including phenoxy) is 1. The third-order valence-corrected chi connectivity index (χ3v) is 5.12. The van der Waals surface area contributed by atoms with Crippen molar-refractivity contribution in [2.45, 2.75) is 26.4 Å². The van der Waals surface area contributed by atoms with E-state index in [1.807, 2.05) is 38.2 Å². The zero-order chi connectivity index (χ0) is 20.4. The lowest BCUT2D eigenvalue weighted by molar-refractivity contribution is 0.0337. The van der Waals surface area contributed by atoms with Crippen molar-refractivity contribution in [3.05, 3.63) is 48.0 Å². The van der Waals surface area contributed by atoms with Crippen LogP contribution in [0.5, 0.6) is 0 Å². The summed E-state index contributed by atoms with van der Waals surface area (Å²) >= 11 is 0. The van der Waals surface area contributed by atoms with Crippen LogP contribution >= 0.6 is 0 Å². The third-order valence-electron chi connectivity index (χ3n) is 5.12. The minimum Gasteiger partial charge on any atom is -0.383 e. The lowest BCUT2D eigenvalue weighted by Gasteiger charge is -2.26. The maximum Gasteiger partial charge on any atom is 0.132 e. The molecule has 0 radical (unpaired) electrons. The molecule has 0 amide bonds. The van der Waals surface area contributed by atoms with Gasteiger partial charge in [0.2, 0.25) is 0 Å². The first-order chi connectivity index (χ1) is 14.0. The summed E-state index contributed by atoms with van der Waals surface area (Å²) in [5, 5.41) is 8.33. The molecule has 3 aromatic rings. The number of hydrogen-bond acceptors (Lipinski definition) is 6. The number of rotatable bonds is 5. The number of aromatic nitrogens is 4. The molecule has 0 aliphatic carbocycles. The molecule has 1 aromatic carbocycles. The van der Waals surface area contributed by atoms with Gasteiger partial charge in [0, 0.05) is 48.6 Å². The van der Waals surface area contributed by atoms with Crippen LogP contribution in [0.4, 0.5) is 10.2 Å². The first-order valence-corrected chi connectivity index (χ1v) is 9.78. The Bertz CT molecular complexity index is 997. The van der Waals surface area contributed by atoms with Gasteiger partial charge in [-0.2, -0.15) is 0 Å². The van der Waals surface area contributed by atoms with Crippen molar-refractivity contribution in [1.82, 2.24) is 24.9 Å². The number of nitrogen functional groups attached to an aromatic ring is 1. The molecular weight excluding hydrogens is 371 g/mol. The van der Waals surface area contributed by atoms with Crippen molar-refractivity contribution in [3.8, 4) is 22.4 Å². The van der Waals surface area contributed by atoms with Crippen molar-refractivity contribution in [3.63, 3.8) is 0 Å². The number of pyridine rings is 1. The van der Waals surface area contributed by atoms with Crippen molar-refractivity contribution in [2.24, 2.45) is 0 Å². The number of hydrogen-bond donors (Lipinski definition) is 1. The van der Waals surface area contributed by atoms with Crippen molar-refractivity contribution >= 4 is 5.82 Å². The lowest BCUT2D eigenvalue weighted by Crippen LogP contribution is -2.35. The summed E-state index contributed by atoms with van der Waals surface area (Å²) in [6, 6.07) is 7.39. The van der Waals surface area contributed by atoms with E-state index < -0.39 is 0 Å². The highest BCUT2D eigenvalue weighted by Crippen LogP contribution is 2.29. The van der Waals surface area contributed by atoms with Crippen molar-refractivity contribution < 1.29 is 9.13 Å². The predicted octanol–water partition coefficient (Wildman–Crippen LogP) is 3.14. The van der Waals surface area contributed by atoms with Crippen molar-refractivity contribution in [2.75, 3.05) is 32.0 Å². The molecule has 3 heterocycles. The number of halogens is 1. The fourth-order valence-electron chi connectivity index (χ4n) is 3.35. The molecule has 1 aliphatic rings. The van der Waals surface area contributed by atoms with Crippen LogP contribution in [0.1, 0.15) is 25.5 Å². The summed E-state index contributed by atoms with van der Waals surface area (Å²) < 4.78 is 21.9. The smallest absolute Gasteiger partial charge is 0.132 e. The van der Waals surface area contributed by atoms with Crippen LogP contribution in [0.2, 0.25) is 0 Å². The van der Waals surface area contributed by atoms with Crippen LogP contribution in [0.3, 0.4) is 0 Å². The second-order valence-corrected chi connectivity index (χ2v) is 7.53. The number of nitrogens with zero attached hydrogens (tertiary/aromatic N) is 5. The molecule has 0 saturated carbocycles. The molecule has 0 bridgehead atoms. The molecule has 1 saturated heterocycles. The van der Waals surface area contributed by atoms with Crippen LogP contribution in [-0.2, 0) is 11.3 Å². The quantitative estimate of drug-likeness (QED) is 0.713. The highest BCUT2D eigenvalue weighted by molar-refractivity contribution is 5.77. The van der Waals surface area contributed by atoms with E-state index in [0.717, 1.165) is 24.2 Å². The summed E-state index contributed by atoms with van der Waals surface area (Å²) in [4.78, 5) is 6.48. The molecule has 8 heteroatoms. The largest absolute Gasteiger partial charge is 0.383 e. The molecule has 1 aliphatic heterocycles. The van der Waals surface area contributed by atoms with Gasteiger partial charge in [0.05, 0.1) is 19.4 Å². The topological polar surface area (TPSA) is 82.1 Å². The number of benzene rings is 1. The van der Waals surface area contributed by atoms with Gasteiger partial charge >= 0.3 is 0 Å². The van der Waals surface area contributed by atoms with E-state index in [9.17, 15) is 4.39 Å². The first kappa shape index (κ1) is 19.5. The molecular formula is C21H25FN6O. The summed E-state index contributed by atoms with van der Waals surface area (Å²) in [5.41, 5.74) is 9.61. The second-order valence-electron chi connectivity index (χ2n) is 7.53. The molecule has 2 N–H and O–H groups in total. The average molecular weight is 396 g/mol. The number of morpholine rings is 1. The highest BCUT2D eigenvalue weighted by atomic mass is 19.1. The fraction of sp³-hybridized carbons (Fsp3) is 0.381. The molecule has 29 heavy (non-hydrogen) atoms. The molecule has 2 aromatic heterocycles. The van der Waals surface area contributed by atoms with E-state index in [1.54, 1.807) is 16.9 Å². The number of nitrogens with two attached hydrogens (primary N) is 1. The standard InChI is InChI=1S/C21H25FN6O/c1-14(2)28-13-20(25-26-28)18-9-17(11-24-21(18)23)15-3-4-16(19(22)10-15)12-27-5-7-29-8-6-27/h3-4,9-11,13-14H,5-8,12H2,1-2H3,(H2,23,24). The van der Waals surface area contributed by atoms with Crippen molar-refractivity contribution in [1.29, 1.82) is 0 Å². The van der Waals surface area contributed by atoms with Crippen LogP contribution in [0.15, 0.2) is 36.7 Å². The Hall–Kier alpha value is -2.84. The van der Waals surface area contributed by atoms with Gasteiger partial charge in [-0.25, -0.2) is 14.1 Å². The van der Waals surface area contributed by atoms with E-state index in [2.05, 4.69) is 20.2 Å². The van der Waals surface area contributed by atoms with Crippen LogP contribution in [0.25, 0.3) is 22.4 Å². The molecule has 4 rings (SSSR count). The fourth-order valence-corrected chi connectivity index (χ4v) is 3.35. The van der Waals surface area contributed by atoms with Gasteiger partial charge in [-0.3, -0.25) is 4.90 Å². The summed E-state index contributed by atoms with van der Waals surface area (Å²) in [6.45, 7) is 7.67. The normalized spacial score (nSPS) is 15.2. The maximum atomic E-state index is 14.8. The van der Waals surface area contributed by atoms with E-state index in [0.29, 0.717) is 42.4 Å². The molecule has 0 spiro atoms. The zero-order valence-electron chi connectivity index (χ0n) is 16.7. The van der Waals surface area contributed by atoms with Gasteiger partial charge in [0.15, 0.2) is 0 Å². The molecule has 0 unspecified atom stereocenters. The minimum atomic E-state index is -0.224. The monoisotopic (exact) mass is 396 g/mol. The maximum absolute atomic E-state index is 14.8. The molecule has 7 nitrogen and oxygen atoms in total. The van der Waals surface area contributed by atoms with Gasteiger partial charge in [-0.1, -0.05) is 17.3 Å². The van der Waals surface area contributed by atoms with Crippen LogP contribution in [-0.4, -0.2) is 51.2 Å². The molecule has 0 atom stereocenters. The van der Waals surface area contributed by atoms with E-state index in [-0.39, 0.29) is 11.9 Å². The van der Waals surface area contributed by atoms with E-state index >= 15 is 0 Å². The predicted molar refractivity (Wildman–Crippen MR) is 110 cm³/mol. The molecule has 152 valence electrons. The Kier molecular flexibility index (Phi) is 5.55. The van der Waals surface area contributed by atoms with Gasteiger partial charge in [0.1, 0.15) is 17.3 Å². The highest BCUT2D eigenvalue weighted by Gasteiger charge is 2.15. The second kappa shape index (κ2) is 8.26. The SMILES string of the molecule is CC(C)n1cc(-c2cc(-c3ccc(CN4CCOCC4)c(F)c3)cnc2N)nn1. The summed E-state index contributed by atoms with van der Waals surface area (Å²) in [6.07, 6.45) is 3.50.